The second-order valence-electron chi connectivity index (χ2n) is 4.65. The van der Waals surface area contributed by atoms with Gasteiger partial charge in [-0.05, 0) is 26.4 Å². The molecule has 1 aromatic rings. The molecular weight excluding hydrogens is 230 g/mol. The maximum absolute atomic E-state index is 5.58. The Morgan fingerprint density at radius 3 is 2.61 bits per heavy atom. The molecule has 100 valence electrons. The molecule has 0 amide bonds. The number of nitrogens with zero attached hydrogens (tertiary/aromatic N) is 4. The van der Waals surface area contributed by atoms with E-state index in [1.54, 1.807) is 0 Å². The molecular formula is C11H21N7. The van der Waals surface area contributed by atoms with Crippen molar-refractivity contribution in [3.8, 4) is 0 Å². The summed E-state index contributed by atoms with van der Waals surface area (Å²) in [5.41, 5.74) is 11.2. The molecule has 2 heterocycles. The van der Waals surface area contributed by atoms with Crippen molar-refractivity contribution >= 4 is 11.9 Å². The first-order valence-corrected chi connectivity index (χ1v) is 6.33. The standard InChI is InChI=1S/C11H21N7/c1-14-6-8-4-2-3-5-18(8)7-9-15-10(12)17-11(13)16-9/h8,14H,2-7H2,1H3,(H4,12,13,15,16,17). The van der Waals surface area contributed by atoms with E-state index in [2.05, 4.69) is 25.2 Å². The molecule has 0 aliphatic carbocycles. The molecule has 5 N–H and O–H groups in total. The van der Waals surface area contributed by atoms with E-state index < -0.39 is 0 Å². The van der Waals surface area contributed by atoms with Crippen molar-refractivity contribution < 1.29 is 0 Å². The van der Waals surface area contributed by atoms with Crippen LogP contribution in [0.5, 0.6) is 0 Å². The minimum Gasteiger partial charge on any atom is -0.368 e. The second kappa shape index (κ2) is 5.92. The molecule has 1 aromatic heterocycles. The van der Waals surface area contributed by atoms with Crippen molar-refractivity contribution in [2.75, 3.05) is 31.6 Å². The number of hydrogen-bond acceptors (Lipinski definition) is 7. The summed E-state index contributed by atoms with van der Waals surface area (Å²) in [6, 6.07) is 0.531. The van der Waals surface area contributed by atoms with Crippen LogP contribution in [-0.2, 0) is 6.54 Å². The first kappa shape index (κ1) is 13.0. The Kier molecular flexibility index (Phi) is 4.27. The molecule has 1 fully saturated rings. The SMILES string of the molecule is CNCC1CCCCN1Cc1nc(N)nc(N)n1. The van der Waals surface area contributed by atoms with E-state index in [-0.39, 0.29) is 11.9 Å². The number of rotatable bonds is 4. The molecule has 1 aliphatic heterocycles. The first-order chi connectivity index (χ1) is 8.69. The zero-order chi connectivity index (χ0) is 13.0. The maximum Gasteiger partial charge on any atom is 0.225 e. The van der Waals surface area contributed by atoms with Crippen LogP contribution in [0.1, 0.15) is 25.1 Å². The molecule has 0 spiro atoms. The van der Waals surface area contributed by atoms with Gasteiger partial charge in [0.25, 0.3) is 0 Å². The number of likely N-dealkylation sites (tertiary alicyclic amines) is 1. The van der Waals surface area contributed by atoms with Gasteiger partial charge >= 0.3 is 0 Å². The summed E-state index contributed by atoms with van der Waals surface area (Å²) in [5.74, 6) is 1.04. The Morgan fingerprint density at radius 1 is 1.22 bits per heavy atom. The van der Waals surface area contributed by atoms with Crippen molar-refractivity contribution in [1.29, 1.82) is 0 Å². The fraction of sp³-hybridized carbons (Fsp3) is 0.727. The van der Waals surface area contributed by atoms with E-state index in [1.807, 2.05) is 7.05 Å². The van der Waals surface area contributed by atoms with E-state index in [1.165, 1.54) is 19.3 Å². The van der Waals surface area contributed by atoms with E-state index in [0.29, 0.717) is 18.4 Å². The molecule has 0 radical (unpaired) electrons. The highest BCUT2D eigenvalue weighted by Crippen LogP contribution is 2.18. The number of piperidine rings is 1. The zero-order valence-corrected chi connectivity index (χ0v) is 10.8. The highest BCUT2D eigenvalue weighted by Gasteiger charge is 2.22. The lowest BCUT2D eigenvalue weighted by molar-refractivity contribution is 0.136. The van der Waals surface area contributed by atoms with Gasteiger partial charge in [0.05, 0.1) is 6.54 Å². The summed E-state index contributed by atoms with van der Waals surface area (Å²) < 4.78 is 0. The van der Waals surface area contributed by atoms with Crippen LogP contribution < -0.4 is 16.8 Å². The zero-order valence-electron chi connectivity index (χ0n) is 10.8. The number of hydrogen-bond donors (Lipinski definition) is 3. The van der Waals surface area contributed by atoms with Gasteiger partial charge < -0.3 is 16.8 Å². The number of nitrogen functional groups attached to an aromatic ring is 2. The van der Waals surface area contributed by atoms with E-state index >= 15 is 0 Å². The average molecular weight is 251 g/mol. The van der Waals surface area contributed by atoms with E-state index in [0.717, 1.165) is 13.1 Å². The van der Waals surface area contributed by atoms with Gasteiger partial charge in [-0.15, -0.1) is 0 Å². The molecule has 1 unspecified atom stereocenters. The number of anilines is 2. The molecule has 0 saturated carbocycles. The normalized spacial score (nSPS) is 21.1. The van der Waals surface area contributed by atoms with Crippen molar-refractivity contribution in [2.24, 2.45) is 0 Å². The lowest BCUT2D eigenvalue weighted by atomic mass is 10.0. The Morgan fingerprint density at radius 2 is 1.94 bits per heavy atom. The summed E-state index contributed by atoms with van der Waals surface area (Å²) in [6.45, 7) is 2.73. The highest BCUT2D eigenvalue weighted by atomic mass is 15.2. The number of aromatic nitrogens is 3. The van der Waals surface area contributed by atoms with Crippen LogP contribution in [-0.4, -0.2) is 46.0 Å². The molecule has 7 nitrogen and oxygen atoms in total. The highest BCUT2D eigenvalue weighted by molar-refractivity contribution is 5.25. The molecule has 0 bridgehead atoms. The first-order valence-electron chi connectivity index (χ1n) is 6.33. The van der Waals surface area contributed by atoms with Crippen LogP contribution in [0.25, 0.3) is 0 Å². The monoisotopic (exact) mass is 251 g/mol. The van der Waals surface area contributed by atoms with Crippen LogP contribution in [0.3, 0.4) is 0 Å². The number of nitrogens with two attached hydrogens (primary N) is 2. The molecule has 0 aromatic carbocycles. The van der Waals surface area contributed by atoms with Crippen molar-refractivity contribution in [2.45, 2.75) is 31.8 Å². The largest absolute Gasteiger partial charge is 0.368 e. The smallest absolute Gasteiger partial charge is 0.225 e. The molecule has 18 heavy (non-hydrogen) atoms. The fourth-order valence-corrected chi connectivity index (χ4v) is 2.44. The van der Waals surface area contributed by atoms with Gasteiger partial charge in [-0.3, -0.25) is 4.90 Å². The average Bonchev–Trinajstić information content (AvgIpc) is 2.30. The van der Waals surface area contributed by atoms with E-state index in [9.17, 15) is 0 Å². The van der Waals surface area contributed by atoms with Crippen LogP contribution >= 0.6 is 0 Å². The van der Waals surface area contributed by atoms with E-state index in [4.69, 9.17) is 11.5 Å². The van der Waals surface area contributed by atoms with Crippen LogP contribution in [0.15, 0.2) is 0 Å². The van der Waals surface area contributed by atoms with Gasteiger partial charge in [-0.1, -0.05) is 6.42 Å². The Bertz CT molecular complexity index is 373. The van der Waals surface area contributed by atoms with Crippen molar-refractivity contribution in [3.05, 3.63) is 5.82 Å². The Labute approximate surface area is 107 Å². The third kappa shape index (κ3) is 3.27. The van der Waals surface area contributed by atoms with Gasteiger partial charge in [-0.2, -0.15) is 15.0 Å². The van der Waals surface area contributed by atoms with Gasteiger partial charge in [0.15, 0.2) is 0 Å². The number of nitrogens with one attached hydrogen (secondary N) is 1. The molecule has 1 atom stereocenters. The summed E-state index contributed by atoms with van der Waals surface area (Å²) >= 11 is 0. The lowest BCUT2D eigenvalue weighted by Crippen LogP contribution is -2.44. The summed E-state index contributed by atoms with van der Waals surface area (Å²) in [5, 5.41) is 3.23. The van der Waals surface area contributed by atoms with Crippen LogP contribution in [0.2, 0.25) is 0 Å². The topological polar surface area (TPSA) is 106 Å². The molecule has 1 saturated heterocycles. The predicted octanol–water partition coefficient (Wildman–Crippen LogP) is -0.390. The quantitative estimate of drug-likeness (QED) is 0.669. The summed E-state index contributed by atoms with van der Waals surface area (Å²) in [4.78, 5) is 14.4. The Hall–Kier alpha value is -1.47. The van der Waals surface area contributed by atoms with Gasteiger partial charge in [0.2, 0.25) is 11.9 Å². The fourth-order valence-electron chi connectivity index (χ4n) is 2.44. The lowest BCUT2D eigenvalue weighted by Gasteiger charge is -2.35. The molecule has 1 aliphatic rings. The van der Waals surface area contributed by atoms with Crippen LogP contribution in [0.4, 0.5) is 11.9 Å². The Balaban J connectivity index is 2.05. The van der Waals surface area contributed by atoms with Crippen molar-refractivity contribution in [3.63, 3.8) is 0 Å². The minimum absolute atomic E-state index is 0.194. The molecule has 2 rings (SSSR count). The minimum atomic E-state index is 0.194. The predicted molar refractivity (Wildman–Crippen MR) is 70.6 cm³/mol. The van der Waals surface area contributed by atoms with Gasteiger partial charge in [-0.25, -0.2) is 0 Å². The van der Waals surface area contributed by atoms with Crippen LogP contribution in [0, 0.1) is 0 Å². The van der Waals surface area contributed by atoms with Crippen molar-refractivity contribution in [1.82, 2.24) is 25.2 Å². The molecule has 7 heteroatoms. The third-order valence-corrected chi connectivity index (χ3v) is 3.25. The third-order valence-electron chi connectivity index (χ3n) is 3.25. The van der Waals surface area contributed by atoms with Gasteiger partial charge in [0.1, 0.15) is 5.82 Å². The second-order valence-corrected chi connectivity index (χ2v) is 4.65. The maximum atomic E-state index is 5.58. The summed E-state index contributed by atoms with van der Waals surface area (Å²) in [6.07, 6.45) is 3.71. The summed E-state index contributed by atoms with van der Waals surface area (Å²) in [7, 11) is 1.98. The number of likely N-dealkylation sites (N-methyl/N-ethyl adjacent to an activating group) is 1. The van der Waals surface area contributed by atoms with Gasteiger partial charge in [0, 0.05) is 12.6 Å².